The Morgan fingerprint density at radius 2 is 2.11 bits per heavy atom. The van der Waals surface area contributed by atoms with Gasteiger partial charge in [-0.1, -0.05) is 30.4 Å². The predicted molar refractivity (Wildman–Crippen MR) is 117 cm³/mol. The van der Waals surface area contributed by atoms with Gasteiger partial charge in [0.1, 0.15) is 0 Å². The molecule has 0 bridgehead atoms. The minimum absolute atomic E-state index is 0.0660. The summed E-state index contributed by atoms with van der Waals surface area (Å²) in [5.74, 6) is 1.29. The van der Waals surface area contributed by atoms with Gasteiger partial charge >= 0.3 is 0 Å². The Balaban J connectivity index is 1.84. The van der Waals surface area contributed by atoms with E-state index < -0.39 is 0 Å². The fourth-order valence-corrected chi connectivity index (χ4v) is 4.53. The van der Waals surface area contributed by atoms with Crippen molar-refractivity contribution in [3.63, 3.8) is 0 Å². The second kappa shape index (κ2) is 7.56. The normalized spacial score (nSPS) is 13.4. The topological polar surface area (TPSA) is 52.8 Å². The van der Waals surface area contributed by atoms with E-state index in [1.807, 2.05) is 49.4 Å². The third kappa shape index (κ3) is 3.29. The Bertz CT molecular complexity index is 1280. The van der Waals surface area contributed by atoms with E-state index in [1.165, 1.54) is 11.3 Å². The van der Waals surface area contributed by atoms with Crippen LogP contribution in [0.3, 0.4) is 0 Å². The van der Waals surface area contributed by atoms with Gasteiger partial charge in [-0.2, -0.15) is 0 Å². The van der Waals surface area contributed by atoms with Crippen molar-refractivity contribution in [3.05, 3.63) is 61.3 Å². The number of ether oxygens (including phenoxy) is 2. The molecule has 28 heavy (non-hydrogen) atoms. The van der Waals surface area contributed by atoms with Crippen LogP contribution in [0.4, 0.5) is 0 Å². The molecule has 2 aromatic heterocycles. The predicted octanol–water partition coefficient (Wildman–Crippen LogP) is 4.41. The molecule has 0 spiro atoms. The van der Waals surface area contributed by atoms with Gasteiger partial charge in [-0.3, -0.25) is 4.79 Å². The molecule has 1 unspecified atom stereocenters. The summed E-state index contributed by atoms with van der Waals surface area (Å²) >= 11 is 4.95. The molecule has 7 heteroatoms. The lowest BCUT2D eigenvalue weighted by molar-refractivity contribution is 0.206. The van der Waals surface area contributed by atoms with Crippen LogP contribution < -0.4 is 19.6 Å². The molecule has 0 aliphatic heterocycles. The Morgan fingerprint density at radius 3 is 2.86 bits per heavy atom. The number of methoxy groups -OCH3 is 1. The quantitative estimate of drug-likeness (QED) is 0.444. The van der Waals surface area contributed by atoms with Crippen LogP contribution in [0.5, 0.6) is 11.5 Å². The van der Waals surface area contributed by atoms with E-state index in [1.54, 1.807) is 11.5 Å². The number of rotatable bonds is 5. The number of halogens is 1. The zero-order valence-corrected chi connectivity index (χ0v) is 18.1. The van der Waals surface area contributed by atoms with Crippen molar-refractivity contribution in [2.24, 2.45) is 0 Å². The van der Waals surface area contributed by atoms with Gasteiger partial charge in [0.05, 0.1) is 33.3 Å². The first-order valence-electron chi connectivity index (χ1n) is 8.97. The average molecular weight is 459 g/mol. The maximum Gasteiger partial charge on any atom is 0.274 e. The minimum atomic E-state index is -0.0660. The van der Waals surface area contributed by atoms with Gasteiger partial charge in [0.2, 0.25) is 0 Å². The Labute approximate surface area is 174 Å². The highest BCUT2D eigenvalue weighted by molar-refractivity contribution is 9.10. The molecule has 0 fully saturated rings. The number of imidazole rings is 1. The summed E-state index contributed by atoms with van der Waals surface area (Å²) in [7, 11) is 1.61. The standard InChI is InChI=1S/C21H19BrN2O3S/c1-4-12(2)27-19-14(22)9-13(10-17(19)26-3)11-18-20(25)24-16-8-6-5-7-15(16)23-21(24)28-18/h5-12H,4H2,1-3H3. The van der Waals surface area contributed by atoms with Gasteiger partial charge in [0.25, 0.3) is 5.56 Å². The molecule has 2 heterocycles. The molecule has 4 rings (SSSR count). The van der Waals surface area contributed by atoms with Gasteiger partial charge in [-0.15, -0.1) is 0 Å². The van der Waals surface area contributed by atoms with Gasteiger partial charge in [0.15, 0.2) is 16.5 Å². The van der Waals surface area contributed by atoms with E-state index in [4.69, 9.17) is 9.47 Å². The lowest BCUT2D eigenvalue weighted by Crippen LogP contribution is -2.22. The number of aromatic nitrogens is 2. The number of benzene rings is 2. The maximum absolute atomic E-state index is 12.9. The zero-order chi connectivity index (χ0) is 19.8. The third-order valence-electron chi connectivity index (χ3n) is 4.59. The van der Waals surface area contributed by atoms with Crippen LogP contribution in [0.15, 0.2) is 45.7 Å². The first kappa shape index (κ1) is 19.0. The van der Waals surface area contributed by atoms with Gasteiger partial charge < -0.3 is 9.47 Å². The maximum atomic E-state index is 12.9. The van der Waals surface area contributed by atoms with Crippen LogP contribution in [0.1, 0.15) is 25.8 Å². The highest BCUT2D eigenvalue weighted by Crippen LogP contribution is 2.37. The lowest BCUT2D eigenvalue weighted by atomic mass is 10.2. The molecule has 2 aromatic carbocycles. The van der Waals surface area contributed by atoms with Crippen molar-refractivity contribution in [1.82, 2.24) is 9.38 Å². The molecule has 4 aromatic rings. The average Bonchev–Trinajstić information content (AvgIpc) is 3.19. The number of thiazole rings is 1. The van der Waals surface area contributed by atoms with Gasteiger partial charge in [-0.05, 0) is 65.2 Å². The molecule has 0 aliphatic carbocycles. The van der Waals surface area contributed by atoms with Crippen LogP contribution >= 0.6 is 27.3 Å². The van der Waals surface area contributed by atoms with Crippen molar-refractivity contribution < 1.29 is 9.47 Å². The molecule has 5 nitrogen and oxygen atoms in total. The summed E-state index contributed by atoms with van der Waals surface area (Å²) in [4.78, 5) is 18.2. The van der Waals surface area contributed by atoms with E-state index >= 15 is 0 Å². The second-order valence-electron chi connectivity index (χ2n) is 6.51. The monoisotopic (exact) mass is 458 g/mol. The Kier molecular flexibility index (Phi) is 5.12. The van der Waals surface area contributed by atoms with Crippen LogP contribution in [-0.2, 0) is 0 Å². The van der Waals surface area contributed by atoms with E-state index in [0.717, 1.165) is 27.5 Å². The number of fused-ring (bicyclic) bond motifs is 3. The van der Waals surface area contributed by atoms with Crippen molar-refractivity contribution >= 4 is 49.3 Å². The summed E-state index contributed by atoms with van der Waals surface area (Å²) in [6.45, 7) is 4.08. The summed E-state index contributed by atoms with van der Waals surface area (Å²) in [6, 6.07) is 11.5. The summed E-state index contributed by atoms with van der Waals surface area (Å²) in [5.41, 5.74) is 2.44. The van der Waals surface area contributed by atoms with E-state index in [0.29, 0.717) is 21.0 Å². The molecule has 144 valence electrons. The fourth-order valence-electron chi connectivity index (χ4n) is 2.99. The number of para-hydroxylation sites is 2. The molecule has 0 saturated carbocycles. The van der Waals surface area contributed by atoms with Crippen LogP contribution in [0.2, 0.25) is 0 Å². The lowest BCUT2D eigenvalue weighted by Gasteiger charge is -2.17. The molecule has 0 radical (unpaired) electrons. The van der Waals surface area contributed by atoms with E-state index in [9.17, 15) is 4.79 Å². The summed E-state index contributed by atoms with van der Waals surface area (Å²) in [5, 5.41) is 0. The summed E-state index contributed by atoms with van der Waals surface area (Å²) in [6.07, 6.45) is 2.83. The molecular weight excluding hydrogens is 440 g/mol. The van der Waals surface area contributed by atoms with Crippen LogP contribution in [0.25, 0.3) is 22.1 Å². The van der Waals surface area contributed by atoms with Gasteiger partial charge in [0, 0.05) is 0 Å². The first-order chi connectivity index (χ1) is 13.5. The van der Waals surface area contributed by atoms with Crippen LogP contribution in [0, 0.1) is 0 Å². The fraction of sp³-hybridized carbons (Fsp3) is 0.238. The molecule has 0 aliphatic rings. The van der Waals surface area contributed by atoms with Gasteiger partial charge in [-0.25, -0.2) is 9.38 Å². The molecular formula is C21H19BrN2O3S. The molecule has 0 saturated heterocycles. The second-order valence-corrected chi connectivity index (χ2v) is 8.37. The molecule has 0 N–H and O–H groups in total. The third-order valence-corrected chi connectivity index (χ3v) is 6.15. The number of nitrogens with zero attached hydrogens (tertiary/aromatic N) is 2. The SMILES string of the molecule is CCC(C)Oc1c(Br)cc(C=c2sc3nc4ccccc4n3c2=O)cc1OC. The zero-order valence-electron chi connectivity index (χ0n) is 15.7. The van der Waals surface area contributed by atoms with Crippen molar-refractivity contribution in [2.45, 2.75) is 26.4 Å². The first-order valence-corrected chi connectivity index (χ1v) is 10.6. The molecule has 1 atom stereocenters. The van der Waals surface area contributed by atoms with Crippen molar-refractivity contribution in [2.75, 3.05) is 7.11 Å². The number of hydrogen-bond donors (Lipinski definition) is 0. The smallest absolute Gasteiger partial charge is 0.274 e. The highest BCUT2D eigenvalue weighted by atomic mass is 79.9. The number of hydrogen-bond acceptors (Lipinski definition) is 5. The Morgan fingerprint density at radius 1 is 1.32 bits per heavy atom. The Hall–Kier alpha value is -2.38. The molecule has 0 amide bonds. The largest absolute Gasteiger partial charge is 0.493 e. The van der Waals surface area contributed by atoms with Crippen molar-refractivity contribution in [1.29, 1.82) is 0 Å². The van der Waals surface area contributed by atoms with Crippen LogP contribution in [-0.4, -0.2) is 22.6 Å². The highest BCUT2D eigenvalue weighted by Gasteiger charge is 2.15. The minimum Gasteiger partial charge on any atom is -0.493 e. The van der Waals surface area contributed by atoms with Crippen molar-refractivity contribution in [3.8, 4) is 11.5 Å². The van der Waals surface area contributed by atoms with E-state index in [2.05, 4.69) is 27.8 Å². The van der Waals surface area contributed by atoms with E-state index in [-0.39, 0.29) is 11.7 Å². The summed E-state index contributed by atoms with van der Waals surface area (Å²) < 4.78 is 14.6.